The number of hydrogen-bond acceptors (Lipinski definition) is 4. The maximum Gasteiger partial charge on any atom is 0.390 e. The molecule has 0 heterocycles. The van der Waals surface area contributed by atoms with Crippen LogP contribution in [0.5, 0.6) is 0 Å². The molecule has 1 aromatic carbocycles. The molecule has 0 bridgehead atoms. The van der Waals surface area contributed by atoms with E-state index in [4.69, 9.17) is 5.11 Å². The predicted octanol–water partition coefficient (Wildman–Crippen LogP) is 1.75. The van der Waals surface area contributed by atoms with Gasteiger partial charge in [0.25, 0.3) is 0 Å². The molecule has 0 saturated carbocycles. The number of anilines is 1. The summed E-state index contributed by atoms with van der Waals surface area (Å²) >= 11 is 0. The molecule has 8 heteroatoms. The van der Waals surface area contributed by atoms with Crippen molar-refractivity contribution in [3.05, 3.63) is 29.8 Å². The second-order valence-electron chi connectivity index (χ2n) is 5.32. The summed E-state index contributed by atoms with van der Waals surface area (Å²) in [4.78, 5) is 12.5. The van der Waals surface area contributed by atoms with Gasteiger partial charge in [-0.25, -0.2) is 0 Å². The third-order valence-electron chi connectivity index (χ3n) is 3.04. The summed E-state index contributed by atoms with van der Waals surface area (Å²) < 4.78 is 37.2. The van der Waals surface area contributed by atoms with E-state index in [1.807, 2.05) is 0 Å². The van der Waals surface area contributed by atoms with Crippen LogP contribution in [-0.2, 0) is 11.3 Å². The lowest BCUT2D eigenvalue weighted by Crippen LogP contribution is -2.36. The van der Waals surface area contributed by atoms with Crippen molar-refractivity contribution in [1.82, 2.24) is 4.90 Å². The van der Waals surface area contributed by atoms with Gasteiger partial charge in [0.1, 0.15) is 0 Å². The molecule has 0 aromatic heterocycles. The summed E-state index contributed by atoms with van der Waals surface area (Å²) in [6.45, 7) is 0.650. The van der Waals surface area contributed by atoms with Crippen LogP contribution in [0.4, 0.5) is 18.9 Å². The molecule has 130 valence electrons. The quantitative estimate of drug-likeness (QED) is 0.677. The van der Waals surface area contributed by atoms with E-state index in [1.54, 1.807) is 24.3 Å². The van der Waals surface area contributed by atoms with E-state index in [0.717, 1.165) is 0 Å². The lowest BCUT2D eigenvalue weighted by atomic mass is 10.1. The number of alkyl halides is 3. The molecule has 5 nitrogen and oxygen atoms in total. The highest BCUT2D eigenvalue weighted by Crippen LogP contribution is 2.21. The van der Waals surface area contributed by atoms with E-state index in [-0.39, 0.29) is 25.5 Å². The number of benzene rings is 1. The summed E-state index contributed by atoms with van der Waals surface area (Å²) in [6.07, 6.45) is -6.40. The number of aliphatic hydroxyl groups excluding tert-OH is 2. The van der Waals surface area contributed by atoms with Crippen LogP contribution in [-0.4, -0.2) is 53.0 Å². The molecule has 0 spiro atoms. The zero-order valence-electron chi connectivity index (χ0n) is 12.8. The molecule has 1 aromatic rings. The van der Waals surface area contributed by atoms with Crippen LogP contribution in [0.15, 0.2) is 24.3 Å². The van der Waals surface area contributed by atoms with Gasteiger partial charge < -0.3 is 15.5 Å². The second-order valence-corrected chi connectivity index (χ2v) is 5.32. The zero-order valence-corrected chi connectivity index (χ0v) is 12.8. The molecule has 0 fully saturated rings. The number of amides is 1. The van der Waals surface area contributed by atoms with E-state index in [2.05, 4.69) is 5.32 Å². The van der Waals surface area contributed by atoms with Crippen LogP contribution in [0.25, 0.3) is 0 Å². The number of nitrogens with one attached hydrogen (secondary N) is 1. The van der Waals surface area contributed by atoms with E-state index in [0.29, 0.717) is 11.3 Å². The largest absolute Gasteiger partial charge is 0.394 e. The molecule has 0 radical (unpaired) electrons. The highest BCUT2D eigenvalue weighted by atomic mass is 19.4. The van der Waals surface area contributed by atoms with Gasteiger partial charge in [-0.2, -0.15) is 13.2 Å². The summed E-state index contributed by atoms with van der Waals surface area (Å²) in [5, 5.41) is 21.0. The van der Waals surface area contributed by atoms with Gasteiger partial charge in [0, 0.05) is 32.2 Å². The van der Waals surface area contributed by atoms with Crippen LogP contribution in [0, 0.1) is 0 Å². The smallest absolute Gasteiger partial charge is 0.390 e. The van der Waals surface area contributed by atoms with Crippen LogP contribution in [0.1, 0.15) is 18.9 Å². The van der Waals surface area contributed by atoms with Gasteiger partial charge in [0.15, 0.2) is 0 Å². The zero-order chi connectivity index (χ0) is 17.5. The first kappa shape index (κ1) is 19.4. The van der Waals surface area contributed by atoms with Gasteiger partial charge in [0.2, 0.25) is 5.91 Å². The first-order chi connectivity index (χ1) is 10.7. The minimum Gasteiger partial charge on any atom is -0.394 e. The number of aliphatic hydroxyl groups is 2. The molecule has 0 aliphatic carbocycles. The molecular formula is C15H21F3N2O3. The molecule has 3 N–H and O–H groups in total. The van der Waals surface area contributed by atoms with Crippen LogP contribution < -0.4 is 5.32 Å². The highest BCUT2D eigenvalue weighted by molar-refractivity contribution is 5.88. The Hall–Kier alpha value is -1.64. The van der Waals surface area contributed by atoms with Crippen molar-refractivity contribution < 1.29 is 28.2 Å². The van der Waals surface area contributed by atoms with E-state index < -0.39 is 25.3 Å². The number of nitrogens with zero attached hydrogens (tertiary/aromatic N) is 1. The monoisotopic (exact) mass is 334 g/mol. The Morgan fingerprint density at radius 3 is 2.65 bits per heavy atom. The maximum absolute atomic E-state index is 12.4. The number of carbonyl (C=O) groups is 1. The summed E-state index contributed by atoms with van der Waals surface area (Å²) in [5.74, 6) is -0.244. The van der Waals surface area contributed by atoms with Crippen LogP contribution >= 0.6 is 0 Å². The van der Waals surface area contributed by atoms with Gasteiger partial charge in [-0.15, -0.1) is 0 Å². The molecule has 1 rings (SSSR count). The lowest BCUT2D eigenvalue weighted by molar-refractivity contribution is -0.139. The molecule has 0 aliphatic heterocycles. The third kappa shape index (κ3) is 8.53. The fraction of sp³-hybridized carbons (Fsp3) is 0.533. The Labute approximate surface area is 132 Å². The molecule has 0 saturated heterocycles. The van der Waals surface area contributed by atoms with Crippen molar-refractivity contribution in [2.24, 2.45) is 0 Å². The Morgan fingerprint density at radius 1 is 1.39 bits per heavy atom. The minimum atomic E-state index is -4.29. The van der Waals surface area contributed by atoms with Crippen molar-refractivity contribution in [3.8, 4) is 0 Å². The summed E-state index contributed by atoms with van der Waals surface area (Å²) in [7, 11) is 0. The maximum atomic E-state index is 12.4. The van der Waals surface area contributed by atoms with Crippen molar-refractivity contribution in [3.63, 3.8) is 0 Å². The first-order valence-corrected chi connectivity index (χ1v) is 7.14. The van der Waals surface area contributed by atoms with Gasteiger partial charge in [-0.3, -0.25) is 9.69 Å². The summed E-state index contributed by atoms with van der Waals surface area (Å²) in [5.41, 5.74) is 1.25. The van der Waals surface area contributed by atoms with Gasteiger partial charge in [0.05, 0.1) is 19.1 Å². The Bertz CT molecular complexity index is 509. The van der Waals surface area contributed by atoms with Gasteiger partial charge in [-0.1, -0.05) is 12.1 Å². The average Bonchev–Trinajstić information content (AvgIpc) is 2.43. The van der Waals surface area contributed by atoms with Crippen LogP contribution in [0.2, 0.25) is 0 Å². The van der Waals surface area contributed by atoms with Crippen molar-refractivity contribution in [2.45, 2.75) is 32.2 Å². The van der Waals surface area contributed by atoms with E-state index in [1.165, 1.54) is 11.8 Å². The standard InChI is InChI=1S/C15H21F3N2O3/c1-11(22)19-13-4-2-3-12(7-13)8-20(9-14(23)10-21)6-5-15(16,17)18/h2-4,7,14,21,23H,5-6,8-10H2,1H3,(H,19,22)/t14-/m0/s1. The third-order valence-corrected chi connectivity index (χ3v) is 3.04. The molecule has 0 unspecified atom stereocenters. The second kappa shape index (κ2) is 8.85. The molecule has 23 heavy (non-hydrogen) atoms. The summed E-state index contributed by atoms with van der Waals surface area (Å²) in [6, 6.07) is 6.74. The van der Waals surface area contributed by atoms with Gasteiger partial charge in [-0.05, 0) is 17.7 Å². The SMILES string of the molecule is CC(=O)Nc1cccc(CN(CCC(F)(F)F)C[C@H](O)CO)c1. The van der Waals surface area contributed by atoms with E-state index in [9.17, 15) is 23.1 Å². The first-order valence-electron chi connectivity index (χ1n) is 7.14. The molecule has 1 atom stereocenters. The number of rotatable bonds is 8. The Balaban J connectivity index is 2.76. The predicted molar refractivity (Wildman–Crippen MR) is 79.8 cm³/mol. The normalized spacial score (nSPS) is 13.2. The number of hydrogen-bond donors (Lipinski definition) is 3. The minimum absolute atomic E-state index is 0.0725. The fourth-order valence-corrected chi connectivity index (χ4v) is 2.08. The van der Waals surface area contributed by atoms with E-state index >= 15 is 0 Å². The highest BCUT2D eigenvalue weighted by Gasteiger charge is 2.28. The van der Waals surface area contributed by atoms with Crippen molar-refractivity contribution >= 4 is 11.6 Å². The fourth-order valence-electron chi connectivity index (χ4n) is 2.08. The number of halogens is 3. The topological polar surface area (TPSA) is 72.8 Å². The van der Waals surface area contributed by atoms with Crippen LogP contribution in [0.3, 0.4) is 0 Å². The van der Waals surface area contributed by atoms with Crippen molar-refractivity contribution in [1.29, 1.82) is 0 Å². The molecular weight excluding hydrogens is 313 g/mol. The van der Waals surface area contributed by atoms with Gasteiger partial charge >= 0.3 is 6.18 Å². The lowest BCUT2D eigenvalue weighted by Gasteiger charge is -2.25. The molecule has 1 amide bonds. The average molecular weight is 334 g/mol. The van der Waals surface area contributed by atoms with Crippen molar-refractivity contribution in [2.75, 3.05) is 25.0 Å². The Morgan fingerprint density at radius 2 is 2.09 bits per heavy atom. The molecule has 0 aliphatic rings. The number of carbonyl (C=O) groups excluding carboxylic acids is 1. The Kier molecular flexibility index (Phi) is 7.47.